The summed E-state index contributed by atoms with van der Waals surface area (Å²) in [7, 11) is 1.49. The molecule has 2 N–H and O–H groups in total. The van der Waals surface area contributed by atoms with Gasteiger partial charge in [-0.2, -0.15) is 0 Å². The van der Waals surface area contributed by atoms with Crippen LogP contribution in [-0.4, -0.2) is 23.9 Å². The Morgan fingerprint density at radius 3 is 2.59 bits per heavy atom. The van der Waals surface area contributed by atoms with Crippen LogP contribution in [-0.2, 0) is 16.1 Å². The first-order chi connectivity index (χ1) is 10.6. The smallest absolute Gasteiger partial charge is 0.313 e. The van der Waals surface area contributed by atoms with Gasteiger partial charge in [-0.05, 0) is 17.7 Å². The Labute approximate surface area is 132 Å². The third kappa shape index (κ3) is 4.20. The molecule has 2 rings (SSSR count). The van der Waals surface area contributed by atoms with Crippen molar-refractivity contribution in [3.63, 3.8) is 0 Å². The summed E-state index contributed by atoms with van der Waals surface area (Å²) in [6.07, 6.45) is 1.40. The van der Waals surface area contributed by atoms with Gasteiger partial charge in [0, 0.05) is 17.6 Å². The average Bonchev–Trinajstić information content (AvgIpc) is 2.54. The van der Waals surface area contributed by atoms with Crippen molar-refractivity contribution < 1.29 is 14.3 Å². The van der Waals surface area contributed by atoms with Crippen LogP contribution in [0.1, 0.15) is 5.56 Å². The average molecular weight is 320 g/mol. The van der Waals surface area contributed by atoms with E-state index in [-0.39, 0.29) is 6.54 Å². The first kappa shape index (κ1) is 15.8. The summed E-state index contributed by atoms with van der Waals surface area (Å²) in [5.74, 6) is -1.11. The molecule has 114 valence electrons. The summed E-state index contributed by atoms with van der Waals surface area (Å²) in [6.45, 7) is 0.173. The largest absolute Gasteiger partial charge is 0.481 e. The van der Waals surface area contributed by atoms with Gasteiger partial charge in [0.25, 0.3) is 0 Å². The molecule has 2 aromatic rings. The first-order valence-electron chi connectivity index (χ1n) is 6.43. The lowest BCUT2D eigenvalue weighted by atomic mass is 10.2. The highest BCUT2D eigenvalue weighted by Gasteiger charge is 2.14. The number of halogens is 1. The number of amides is 2. The maximum atomic E-state index is 11.8. The molecule has 0 unspecified atom stereocenters. The number of anilines is 1. The van der Waals surface area contributed by atoms with Gasteiger partial charge in [-0.1, -0.05) is 29.8 Å². The molecule has 0 saturated heterocycles. The molecule has 0 aliphatic rings. The molecule has 0 atom stereocenters. The van der Waals surface area contributed by atoms with Crippen LogP contribution >= 0.6 is 11.6 Å². The SMILES string of the molecule is COc1ccc(NC(=O)C(=O)NCc2ccccc2Cl)cn1. The summed E-state index contributed by atoms with van der Waals surface area (Å²) in [4.78, 5) is 27.4. The highest BCUT2D eigenvalue weighted by Crippen LogP contribution is 2.14. The zero-order valence-electron chi connectivity index (χ0n) is 11.8. The fourth-order valence-corrected chi connectivity index (χ4v) is 1.86. The van der Waals surface area contributed by atoms with E-state index in [1.165, 1.54) is 13.3 Å². The number of aromatic nitrogens is 1. The minimum absolute atomic E-state index is 0.173. The van der Waals surface area contributed by atoms with E-state index in [1.54, 1.807) is 36.4 Å². The number of hydrogen-bond donors (Lipinski definition) is 2. The standard InChI is InChI=1S/C15H14ClN3O3/c1-22-13-7-6-11(9-17-13)19-15(21)14(20)18-8-10-4-2-3-5-12(10)16/h2-7,9H,8H2,1H3,(H,18,20)(H,19,21). The van der Waals surface area contributed by atoms with Crippen molar-refractivity contribution in [3.05, 3.63) is 53.2 Å². The maximum absolute atomic E-state index is 11.8. The van der Waals surface area contributed by atoms with Gasteiger partial charge in [-0.15, -0.1) is 0 Å². The number of benzene rings is 1. The van der Waals surface area contributed by atoms with Crippen molar-refractivity contribution >= 4 is 29.1 Å². The van der Waals surface area contributed by atoms with E-state index in [4.69, 9.17) is 16.3 Å². The molecule has 0 aliphatic heterocycles. The Morgan fingerprint density at radius 1 is 1.18 bits per heavy atom. The van der Waals surface area contributed by atoms with E-state index in [1.807, 2.05) is 0 Å². The summed E-state index contributed by atoms with van der Waals surface area (Å²) >= 11 is 5.97. The third-order valence-corrected chi connectivity index (χ3v) is 3.18. The third-order valence-electron chi connectivity index (χ3n) is 2.81. The van der Waals surface area contributed by atoms with E-state index in [2.05, 4.69) is 15.6 Å². The van der Waals surface area contributed by atoms with Crippen LogP contribution < -0.4 is 15.4 Å². The van der Waals surface area contributed by atoms with Gasteiger partial charge in [0.2, 0.25) is 5.88 Å². The number of carbonyl (C=O) groups excluding carboxylic acids is 2. The van der Waals surface area contributed by atoms with Crippen molar-refractivity contribution in [2.45, 2.75) is 6.54 Å². The molecule has 2 amide bonds. The van der Waals surface area contributed by atoms with Crippen LogP contribution in [0.5, 0.6) is 5.88 Å². The Balaban J connectivity index is 1.89. The van der Waals surface area contributed by atoms with E-state index in [0.717, 1.165) is 5.56 Å². The molecular weight excluding hydrogens is 306 g/mol. The number of rotatable bonds is 4. The number of hydrogen-bond acceptors (Lipinski definition) is 4. The summed E-state index contributed by atoms with van der Waals surface area (Å²) in [6, 6.07) is 10.2. The van der Waals surface area contributed by atoms with Gasteiger partial charge in [-0.3, -0.25) is 9.59 Å². The molecule has 0 bridgehead atoms. The van der Waals surface area contributed by atoms with E-state index in [9.17, 15) is 9.59 Å². The highest BCUT2D eigenvalue weighted by atomic mass is 35.5. The van der Waals surface area contributed by atoms with Gasteiger partial charge < -0.3 is 15.4 Å². The fraction of sp³-hybridized carbons (Fsp3) is 0.133. The van der Waals surface area contributed by atoms with Crippen LogP contribution in [0, 0.1) is 0 Å². The Morgan fingerprint density at radius 2 is 1.95 bits per heavy atom. The summed E-state index contributed by atoms with van der Waals surface area (Å²) in [5, 5.41) is 5.47. The van der Waals surface area contributed by atoms with Crippen molar-refractivity contribution in [2.75, 3.05) is 12.4 Å². The first-order valence-corrected chi connectivity index (χ1v) is 6.80. The van der Waals surface area contributed by atoms with Gasteiger partial charge in [-0.25, -0.2) is 4.98 Å². The lowest BCUT2D eigenvalue weighted by Gasteiger charge is -2.08. The second-order valence-electron chi connectivity index (χ2n) is 4.32. The minimum atomic E-state index is -0.779. The normalized spacial score (nSPS) is 9.91. The van der Waals surface area contributed by atoms with Crippen molar-refractivity contribution in [2.24, 2.45) is 0 Å². The van der Waals surface area contributed by atoms with Crippen LogP contribution in [0.3, 0.4) is 0 Å². The number of nitrogens with one attached hydrogen (secondary N) is 2. The van der Waals surface area contributed by atoms with Crippen LogP contribution in [0.25, 0.3) is 0 Å². The number of pyridine rings is 1. The van der Waals surface area contributed by atoms with Crippen LogP contribution in [0.2, 0.25) is 5.02 Å². The quantitative estimate of drug-likeness (QED) is 0.845. The monoisotopic (exact) mass is 319 g/mol. The lowest BCUT2D eigenvalue weighted by Crippen LogP contribution is -2.35. The van der Waals surface area contributed by atoms with Crippen molar-refractivity contribution in [3.8, 4) is 5.88 Å². The number of ether oxygens (including phenoxy) is 1. The van der Waals surface area contributed by atoms with E-state index < -0.39 is 11.8 Å². The van der Waals surface area contributed by atoms with Gasteiger partial charge in [0.05, 0.1) is 19.0 Å². The predicted molar refractivity (Wildman–Crippen MR) is 82.7 cm³/mol. The van der Waals surface area contributed by atoms with Crippen molar-refractivity contribution in [1.82, 2.24) is 10.3 Å². The maximum Gasteiger partial charge on any atom is 0.313 e. The number of nitrogens with zero attached hydrogens (tertiary/aromatic N) is 1. The van der Waals surface area contributed by atoms with Gasteiger partial charge in [0.1, 0.15) is 0 Å². The zero-order valence-corrected chi connectivity index (χ0v) is 12.6. The topological polar surface area (TPSA) is 80.3 Å². The molecule has 1 heterocycles. The molecule has 7 heteroatoms. The molecule has 0 fully saturated rings. The zero-order chi connectivity index (χ0) is 15.9. The Hall–Kier alpha value is -2.60. The van der Waals surface area contributed by atoms with Gasteiger partial charge in [0.15, 0.2) is 0 Å². The molecule has 1 aromatic carbocycles. The molecule has 1 aromatic heterocycles. The molecule has 0 spiro atoms. The van der Waals surface area contributed by atoms with Crippen LogP contribution in [0.15, 0.2) is 42.6 Å². The number of carbonyl (C=O) groups is 2. The minimum Gasteiger partial charge on any atom is -0.481 e. The predicted octanol–water partition coefficient (Wildman–Crippen LogP) is 2.00. The Kier molecular flexibility index (Phi) is 5.32. The van der Waals surface area contributed by atoms with Gasteiger partial charge >= 0.3 is 11.8 Å². The van der Waals surface area contributed by atoms with E-state index in [0.29, 0.717) is 16.6 Å². The second kappa shape index (κ2) is 7.42. The molecule has 0 radical (unpaired) electrons. The molecular formula is C15H14ClN3O3. The lowest BCUT2D eigenvalue weighted by molar-refractivity contribution is -0.136. The molecule has 0 saturated carbocycles. The Bertz CT molecular complexity index is 674. The fourth-order valence-electron chi connectivity index (χ4n) is 1.66. The highest BCUT2D eigenvalue weighted by molar-refractivity contribution is 6.39. The number of methoxy groups -OCH3 is 1. The second-order valence-corrected chi connectivity index (χ2v) is 4.72. The van der Waals surface area contributed by atoms with E-state index >= 15 is 0 Å². The molecule has 0 aliphatic carbocycles. The van der Waals surface area contributed by atoms with Crippen molar-refractivity contribution in [1.29, 1.82) is 0 Å². The summed E-state index contributed by atoms with van der Waals surface area (Å²) < 4.78 is 4.90. The van der Waals surface area contributed by atoms with Crippen LogP contribution in [0.4, 0.5) is 5.69 Å². The molecule has 6 nitrogen and oxygen atoms in total. The molecule has 22 heavy (non-hydrogen) atoms. The summed E-state index contributed by atoms with van der Waals surface area (Å²) in [5.41, 5.74) is 1.13.